The van der Waals surface area contributed by atoms with Crippen LogP contribution in [0.25, 0.3) is 0 Å². The predicted octanol–water partition coefficient (Wildman–Crippen LogP) is 1.12. The van der Waals surface area contributed by atoms with E-state index in [-0.39, 0.29) is 0 Å². The zero-order valence-electron chi connectivity index (χ0n) is 4.56. The van der Waals surface area contributed by atoms with Gasteiger partial charge in [-0.25, -0.2) is 0 Å². The van der Waals surface area contributed by atoms with Crippen molar-refractivity contribution in [2.24, 2.45) is 0 Å². The maximum atomic E-state index is 8.53. The Bertz CT molecular complexity index is 127. The summed E-state index contributed by atoms with van der Waals surface area (Å²) in [6, 6.07) is 0. The molecule has 1 atom stereocenters. The van der Waals surface area contributed by atoms with Gasteiger partial charge in [0.2, 0.25) is 0 Å². The minimum absolute atomic E-state index is 0.567. The van der Waals surface area contributed by atoms with Crippen molar-refractivity contribution in [3.63, 3.8) is 0 Å². The first-order valence-corrected chi connectivity index (χ1v) is 2.65. The molecule has 0 aromatic heterocycles. The normalized spacial score (nSPS) is 12.9. The molecule has 1 nitrogen and oxygen atoms in total. The van der Waals surface area contributed by atoms with Crippen molar-refractivity contribution in [2.45, 2.75) is 13.0 Å². The molecule has 0 aliphatic rings. The molecule has 0 aliphatic heterocycles. The molecule has 8 heavy (non-hydrogen) atoms. The summed E-state index contributed by atoms with van der Waals surface area (Å²) < 4.78 is 0. The third kappa shape index (κ3) is 5.55. The van der Waals surface area contributed by atoms with Crippen LogP contribution < -0.4 is 0 Å². The second-order valence-electron chi connectivity index (χ2n) is 1.26. The standard InChI is InChI=1S/C6H7ClO/c1-6(8)4-2-3-5-7/h3,5-6,8H,1H3. The van der Waals surface area contributed by atoms with E-state index in [4.69, 9.17) is 16.7 Å². The summed E-state index contributed by atoms with van der Waals surface area (Å²) in [7, 11) is 0. The highest BCUT2D eigenvalue weighted by atomic mass is 35.5. The lowest BCUT2D eigenvalue weighted by Crippen LogP contribution is -1.91. The Hall–Kier alpha value is -0.450. The van der Waals surface area contributed by atoms with Crippen LogP contribution in [0.4, 0.5) is 0 Å². The number of allylic oxidation sites excluding steroid dienone is 1. The molecule has 0 heterocycles. The number of rotatable bonds is 0. The van der Waals surface area contributed by atoms with E-state index < -0.39 is 6.10 Å². The van der Waals surface area contributed by atoms with Crippen LogP contribution in [0.3, 0.4) is 0 Å². The van der Waals surface area contributed by atoms with Crippen LogP contribution >= 0.6 is 11.6 Å². The van der Waals surface area contributed by atoms with Crippen molar-refractivity contribution in [3.05, 3.63) is 11.6 Å². The molecular formula is C6H7ClO. The van der Waals surface area contributed by atoms with Gasteiger partial charge in [0.25, 0.3) is 0 Å². The monoisotopic (exact) mass is 130 g/mol. The van der Waals surface area contributed by atoms with Crippen LogP contribution in [0, 0.1) is 11.8 Å². The zero-order valence-corrected chi connectivity index (χ0v) is 5.31. The molecule has 0 aromatic carbocycles. The van der Waals surface area contributed by atoms with Crippen LogP contribution in [-0.2, 0) is 0 Å². The highest BCUT2D eigenvalue weighted by Crippen LogP contribution is 1.76. The fraction of sp³-hybridized carbons (Fsp3) is 0.333. The Kier molecular flexibility index (Phi) is 4.44. The molecule has 1 unspecified atom stereocenters. The Labute approximate surface area is 54.0 Å². The van der Waals surface area contributed by atoms with Crippen molar-refractivity contribution in [1.29, 1.82) is 0 Å². The molecule has 0 spiro atoms. The lowest BCUT2D eigenvalue weighted by atomic mass is 10.4. The summed E-state index contributed by atoms with van der Waals surface area (Å²) in [5.74, 6) is 5.00. The van der Waals surface area contributed by atoms with Gasteiger partial charge in [0.1, 0.15) is 6.10 Å². The van der Waals surface area contributed by atoms with Gasteiger partial charge in [-0.15, -0.1) is 0 Å². The quantitative estimate of drug-likeness (QED) is 0.488. The van der Waals surface area contributed by atoms with Crippen molar-refractivity contribution < 1.29 is 5.11 Å². The van der Waals surface area contributed by atoms with E-state index in [1.54, 1.807) is 6.92 Å². The largest absolute Gasteiger partial charge is 0.381 e. The lowest BCUT2D eigenvalue weighted by Gasteiger charge is -1.83. The first-order chi connectivity index (χ1) is 3.77. The minimum atomic E-state index is -0.567. The molecule has 0 aromatic rings. The topological polar surface area (TPSA) is 20.2 Å². The Morgan fingerprint density at radius 3 is 2.75 bits per heavy atom. The van der Waals surface area contributed by atoms with Crippen molar-refractivity contribution in [2.75, 3.05) is 0 Å². The number of aliphatic hydroxyl groups is 1. The summed E-state index contributed by atoms with van der Waals surface area (Å²) >= 11 is 5.12. The molecule has 0 rings (SSSR count). The third-order valence-electron chi connectivity index (χ3n) is 0.439. The molecule has 1 N–H and O–H groups in total. The number of halogens is 1. The van der Waals surface area contributed by atoms with E-state index in [2.05, 4.69) is 11.8 Å². The van der Waals surface area contributed by atoms with Gasteiger partial charge < -0.3 is 5.11 Å². The molecule has 0 fully saturated rings. The van der Waals surface area contributed by atoms with E-state index in [1.807, 2.05) is 0 Å². The summed E-state index contributed by atoms with van der Waals surface area (Å²) in [6.07, 6.45) is 0.900. The van der Waals surface area contributed by atoms with Crippen LogP contribution in [0.1, 0.15) is 6.92 Å². The van der Waals surface area contributed by atoms with Gasteiger partial charge in [0.15, 0.2) is 0 Å². The molecule has 44 valence electrons. The zero-order chi connectivity index (χ0) is 6.41. The summed E-state index contributed by atoms with van der Waals surface area (Å²) in [5, 5.41) is 8.53. The van der Waals surface area contributed by atoms with Crippen molar-refractivity contribution in [3.8, 4) is 11.8 Å². The number of hydrogen-bond acceptors (Lipinski definition) is 1. The van der Waals surface area contributed by atoms with E-state index in [0.29, 0.717) is 0 Å². The smallest absolute Gasteiger partial charge is 0.112 e. The van der Waals surface area contributed by atoms with Crippen molar-refractivity contribution in [1.82, 2.24) is 0 Å². The Balaban J connectivity index is 3.51. The average Bonchev–Trinajstić information content (AvgIpc) is 1.66. The maximum absolute atomic E-state index is 8.53. The van der Waals surface area contributed by atoms with Crippen molar-refractivity contribution >= 4 is 11.6 Å². The van der Waals surface area contributed by atoms with Gasteiger partial charge >= 0.3 is 0 Å². The third-order valence-corrected chi connectivity index (χ3v) is 0.565. The van der Waals surface area contributed by atoms with Crippen LogP contribution in [-0.4, -0.2) is 11.2 Å². The summed E-state index contributed by atoms with van der Waals surface area (Å²) in [5.41, 5.74) is 1.30. The molecule has 0 bridgehead atoms. The maximum Gasteiger partial charge on any atom is 0.112 e. The van der Waals surface area contributed by atoms with Gasteiger partial charge in [-0.05, 0) is 13.0 Å². The number of aliphatic hydroxyl groups excluding tert-OH is 1. The number of hydrogen-bond donors (Lipinski definition) is 1. The average molecular weight is 131 g/mol. The minimum Gasteiger partial charge on any atom is -0.381 e. The van der Waals surface area contributed by atoms with Crippen LogP contribution in [0.15, 0.2) is 11.6 Å². The first-order valence-electron chi connectivity index (χ1n) is 2.21. The molecule has 0 amide bonds. The highest BCUT2D eigenvalue weighted by Gasteiger charge is 1.78. The van der Waals surface area contributed by atoms with Crippen LogP contribution in [0.2, 0.25) is 0 Å². The molecule has 2 heteroatoms. The second-order valence-corrected chi connectivity index (χ2v) is 1.51. The molecule has 0 saturated heterocycles. The first kappa shape index (κ1) is 7.55. The predicted molar refractivity (Wildman–Crippen MR) is 34.4 cm³/mol. The van der Waals surface area contributed by atoms with Gasteiger partial charge in [-0.3, -0.25) is 0 Å². The fourth-order valence-corrected chi connectivity index (χ4v) is 0.263. The van der Waals surface area contributed by atoms with E-state index >= 15 is 0 Å². The van der Waals surface area contributed by atoms with Gasteiger partial charge in [0, 0.05) is 5.54 Å². The highest BCUT2D eigenvalue weighted by molar-refractivity contribution is 6.25. The van der Waals surface area contributed by atoms with E-state index in [1.165, 1.54) is 11.6 Å². The van der Waals surface area contributed by atoms with Gasteiger partial charge in [-0.2, -0.15) is 0 Å². The van der Waals surface area contributed by atoms with Gasteiger partial charge in [0.05, 0.1) is 0 Å². The van der Waals surface area contributed by atoms with E-state index in [0.717, 1.165) is 0 Å². The Morgan fingerprint density at radius 2 is 2.38 bits per heavy atom. The molecule has 0 saturated carbocycles. The second kappa shape index (κ2) is 4.70. The van der Waals surface area contributed by atoms with E-state index in [9.17, 15) is 0 Å². The molecular weight excluding hydrogens is 124 g/mol. The molecule has 0 radical (unpaired) electrons. The Morgan fingerprint density at radius 1 is 1.75 bits per heavy atom. The molecule has 0 aliphatic carbocycles. The van der Waals surface area contributed by atoms with Crippen LogP contribution in [0.5, 0.6) is 0 Å². The summed E-state index contributed by atoms with van der Waals surface area (Å²) in [6.45, 7) is 1.59. The van der Waals surface area contributed by atoms with Gasteiger partial charge in [-0.1, -0.05) is 23.4 Å². The lowest BCUT2D eigenvalue weighted by molar-refractivity contribution is 0.253. The summed E-state index contributed by atoms with van der Waals surface area (Å²) in [4.78, 5) is 0. The fourth-order valence-electron chi connectivity index (χ4n) is 0.200. The SMILES string of the molecule is CC(O)C#CC=CCl.